The van der Waals surface area contributed by atoms with Gasteiger partial charge in [0.1, 0.15) is 0 Å². The Labute approximate surface area is 137 Å². The number of nitrogens with zero attached hydrogens (tertiary/aromatic N) is 4. The van der Waals surface area contributed by atoms with E-state index in [0.717, 1.165) is 64.3 Å². The van der Waals surface area contributed by atoms with Gasteiger partial charge in [-0.05, 0) is 19.3 Å². The molecule has 0 aromatic carbocycles. The molecule has 3 rings (SSSR count). The van der Waals surface area contributed by atoms with Gasteiger partial charge in [0.15, 0.2) is 5.82 Å². The monoisotopic (exact) mass is 322 g/mol. The molecule has 0 bridgehead atoms. The maximum atomic E-state index is 12.3. The van der Waals surface area contributed by atoms with Crippen molar-refractivity contribution in [3.05, 3.63) is 11.7 Å². The lowest BCUT2D eigenvalue weighted by Crippen LogP contribution is -2.48. The molecule has 0 spiro atoms. The highest BCUT2D eigenvalue weighted by atomic mass is 16.5. The van der Waals surface area contributed by atoms with Crippen LogP contribution in [0.4, 0.5) is 0 Å². The molecule has 0 aliphatic carbocycles. The number of hydrogen-bond donors (Lipinski definition) is 0. The summed E-state index contributed by atoms with van der Waals surface area (Å²) in [5, 5.41) is 3.99. The van der Waals surface area contributed by atoms with Gasteiger partial charge in [0, 0.05) is 45.6 Å². The van der Waals surface area contributed by atoms with E-state index in [2.05, 4.69) is 15.0 Å². The van der Waals surface area contributed by atoms with Gasteiger partial charge in [-0.25, -0.2) is 0 Å². The predicted molar refractivity (Wildman–Crippen MR) is 83.7 cm³/mol. The molecule has 1 aromatic heterocycles. The van der Waals surface area contributed by atoms with Gasteiger partial charge in [0.2, 0.25) is 11.8 Å². The van der Waals surface area contributed by atoms with Crippen molar-refractivity contribution in [1.29, 1.82) is 0 Å². The van der Waals surface area contributed by atoms with Crippen LogP contribution in [0.3, 0.4) is 0 Å². The highest BCUT2D eigenvalue weighted by Crippen LogP contribution is 2.18. The quantitative estimate of drug-likeness (QED) is 0.784. The van der Waals surface area contributed by atoms with Crippen LogP contribution in [0, 0.1) is 0 Å². The van der Waals surface area contributed by atoms with Crippen LogP contribution in [-0.2, 0) is 22.5 Å². The summed E-state index contributed by atoms with van der Waals surface area (Å²) in [7, 11) is 0. The van der Waals surface area contributed by atoms with Crippen LogP contribution < -0.4 is 0 Å². The number of hydrogen-bond acceptors (Lipinski definition) is 6. The summed E-state index contributed by atoms with van der Waals surface area (Å²) in [6.45, 7) is 6.84. The molecular formula is C16H26N4O3. The first kappa shape index (κ1) is 16.4. The molecule has 0 N–H and O–H groups in total. The molecule has 7 heteroatoms. The summed E-state index contributed by atoms with van der Waals surface area (Å²) >= 11 is 0. The summed E-state index contributed by atoms with van der Waals surface area (Å²) in [6, 6.07) is 0. The number of piperazine rings is 1. The molecule has 2 aliphatic rings. The van der Waals surface area contributed by atoms with Gasteiger partial charge >= 0.3 is 0 Å². The zero-order chi connectivity index (χ0) is 16.1. The van der Waals surface area contributed by atoms with E-state index in [1.807, 2.05) is 11.8 Å². The zero-order valence-electron chi connectivity index (χ0n) is 13.9. The number of rotatable bonds is 6. The van der Waals surface area contributed by atoms with Gasteiger partial charge in [-0.1, -0.05) is 12.1 Å². The van der Waals surface area contributed by atoms with Gasteiger partial charge in [-0.3, -0.25) is 9.69 Å². The third-order valence-corrected chi connectivity index (χ3v) is 4.61. The molecule has 2 fully saturated rings. The van der Waals surface area contributed by atoms with Gasteiger partial charge < -0.3 is 14.2 Å². The normalized spacial score (nSPS) is 22.7. The molecule has 0 saturated carbocycles. The highest BCUT2D eigenvalue weighted by molar-refractivity contribution is 5.76. The van der Waals surface area contributed by atoms with E-state index < -0.39 is 0 Å². The van der Waals surface area contributed by atoms with Gasteiger partial charge in [0.25, 0.3) is 0 Å². The lowest BCUT2D eigenvalue weighted by molar-refractivity contribution is -0.133. The van der Waals surface area contributed by atoms with Crippen LogP contribution in [0.15, 0.2) is 4.52 Å². The predicted octanol–water partition coefficient (Wildman–Crippen LogP) is 1.24. The van der Waals surface area contributed by atoms with E-state index >= 15 is 0 Å². The standard InChI is InChI=1S/C16H26N4O3/c1-2-15-17-14(18-23-15)12-19-7-9-20(10-8-19)16(21)6-5-13-4-3-11-22-13/h13H,2-12H2,1H3. The zero-order valence-corrected chi connectivity index (χ0v) is 13.9. The van der Waals surface area contributed by atoms with Crippen LogP contribution in [0.1, 0.15) is 44.3 Å². The number of amides is 1. The van der Waals surface area contributed by atoms with Crippen molar-refractivity contribution in [2.75, 3.05) is 32.8 Å². The summed E-state index contributed by atoms with van der Waals surface area (Å²) < 4.78 is 10.7. The second kappa shape index (κ2) is 7.88. The molecule has 128 valence electrons. The lowest BCUT2D eigenvalue weighted by atomic mass is 10.1. The fourth-order valence-corrected chi connectivity index (χ4v) is 3.17. The van der Waals surface area contributed by atoms with E-state index in [0.29, 0.717) is 25.0 Å². The topological polar surface area (TPSA) is 71.7 Å². The molecule has 3 heterocycles. The summed E-state index contributed by atoms with van der Waals surface area (Å²) in [5.74, 6) is 1.68. The molecule has 1 atom stereocenters. The Morgan fingerprint density at radius 1 is 1.30 bits per heavy atom. The first-order valence-electron chi connectivity index (χ1n) is 8.68. The number of aryl methyl sites for hydroxylation is 1. The number of aromatic nitrogens is 2. The van der Waals surface area contributed by atoms with Crippen LogP contribution in [-0.4, -0.2) is 64.7 Å². The van der Waals surface area contributed by atoms with Crippen molar-refractivity contribution >= 4 is 5.91 Å². The smallest absolute Gasteiger partial charge is 0.226 e. The van der Waals surface area contributed by atoms with Crippen molar-refractivity contribution in [2.24, 2.45) is 0 Å². The summed E-state index contributed by atoms with van der Waals surface area (Å²) in [5.41, 5.74) is 0. The SMILES string of the molecule is CCc1nc(CN2CCN(C(=O)CCC3CCCO3)CC2)no1. The van der Waals surface area contributed by atoms with Crippen molar-refractivity contribution in [1.82, 2.24) is 19.9 Å². The molecular weight excluding hydrogens is 296 g/mol. The van der Waals surface area contributed by atoms with E-state index in [-0.39, 0.29) is 5.91 Å². The molecule has 1 amide bonds. The Morgan fingerprint density at radius 3 is 2.78 bits per heavy atom. The Hall–Kier alpha value is -1.47. The first-order chi connectivity index (χ1) is 11.2. The number of ether oxygens (including phenoxy) is 1. The van der Waals surface area contributed by atoms with Crippen LogP contribution in [0.25, 0.3) is 0 Å². The molecule has 2 aliphatic heterocycles. The van der Waals surface area contributed by atoms with Gasteiger partial charge in [-0.2, -0.15) is 4.98 Å². The van der Waals surface area contributed by atoms with Crippen molar-refractivity contribution < 1.29 is 14.1 Å². The minimum atomic E-state index is 0.257. The van der Waals surface area contributed by atoms with E-state index in [1.165, 1.54) is 0 Å². The summed E-state index contributed by atoms with van der Waals surface area (Å²) in [6.07, 6.45) is 4.77. The molecule has 1 aromatic rings. The maximum Gasteiger partial charge on any atom is 0.226 e. The second-order valence-electron chi connectivity index (χ2n) is 6.29. The average Bonchev–Trinajstić information content (AvgIpc) is 3.25. The fraction of sp³-hybridized carbons (Fsp3) is 0.812. The third kappa shape index (κ3) is 4.51. The minimum Gasteiger partial charge on any atom is -0.378 e. The van der Waals surface area contributed by atoms with Gasteiger partial charge in [0.05, 0.1) is 12.6 Å². The summed E-state index contributed by atoms with van der Waals surface area (Å²) in [4.78, 5) is 20.9. The largest absolute Gasteiger partial charge is 0.378 e. The van der Waals surface area contributed by atoms with E-state index in [1.54, 1.807) is 0 Å². The number of carbonyl (C=O) groups excluding carboxylic acids is 1. The Balaban J connectivity index is 1.38. The van der Waals surface area contributed by atoms with Gasteiger partial charge in [-0.15, -0.1) is 0 Å². The van der Waals surface area contributed by atoms with E-state index in [4.69, 9.17) is 9.26 Å². The molecule has 0 radical (unpaired) electrons. The van der Waals surface area contributed by atoms with Crippen molar-refractivity contribution in [3.8, 4) is 0 Å². The van der Waals surface area contributed by atoms with Crippen LogP contribution >= 0.6 is 0 Å². The Morgan fingerprint density at radius 2 is 2.13 bits per heavy atom. The molecule has 23 heavy (non-hydrogen) atoms. The molecule has 1 unspecified atom stereocenters. The lowest BCUT2D eigenvalue weighted by Gasteiger charge is -2.34. The highest BCUT2D eigenvalue weighted by Gasteiger charge is 2.23. The van der Waals surface area contributed by atoms with Crippen molar-refractivity contribution in [2.45, 2.75) is 51.7 Å². The van der Waals surface area contributed by atoms with Crippen LogP contribution in [0.2, 0.25) is 0 Å². The minimum absolute atomic E-state index is 0.257. The molecule has 2 saturated heterocycles. The number of carbonyl (C=O) groups is 1. The second-order valence-corrected chi connectivity index (χ2v) is 6.29. The fourth-order valence-electron chi connectivity index (χ4n) is 3.17. The molecule has 7 nitrogen and oxygen atoms in total. The first-order valence-corrected chi connectivity index (χ1v) is 8.68. The average molecular weight is 322 g/mol. The Kier molecular flexibility index (Phi) is 5.61. The Bertz CT molecular complexity index is 505. The van der Waals surface area contributed by atoms with Crippen LogP contribution in [0.5, 0.6) is 0 Å². The third-order valence-electron chi connectivity index (χ3n) is 4.61. The van der Waals surface area contributed by atoms with E-state index in [9.17, 15) is 4.79 Å². The van der Waals surface area contributed by atoms with Crippen molar-refractivity contribution in [3.63, 3.8) is 0 Å². The maximum absolute atomic E-state index is 12.3.